The zero-order valence-corrected chi connectivity index (χ0v) is 55.7. The Kier molecular flexibility index (Phi) is 13.4. The summed E-state index contributed by atoms with van der Waals surface area (Å²) in [5, 5.41) is 25.7. The van der Waals surface area contributed by atoms with Crippen molar-refractivity contribution in [1.82, 2.24) is 9.13 Å². The fourth-order valence-corrected chi connectivity index (χ4v) is 16.6. The van der Waals surface area contributed by atoms with Gasteiger partial charge < -0.3 is 9.13 Å². The van der Waals surface area contributed by atoms with Crippen LogP contribution in [0.4, 0.5) is 0 Å². The molecule has 0 aliphatic rings. The van der Waals surface area contributed by atoms with Gasteiger partial charge >= 0.3 is 0 Å². The van der Waals surface area contributed by atoms with Crippen LogP contribution in [0.2, 0.25) is 0 Å². The SMILES string of the molecule is CC(C)(C)c1ccc2c(-c3ccccc3)c3ccccc3c(-c3ccc(-n4c5ccc6ccccc6c5c5c6ccccc6ccc54)cc3)c2c1.Cc1ccc2c(-c3ccc(-n4c5ccc6ccccc6c5c5c6ccccc6ccc54)cc3)c3ccccc3c(-c3ccccc3)c2c1. The van der Waals surface area contributed by atoms with E-state index in [4.69, 9.17) is 0 Å². The fraction of sp³-hybridized carbons (Fsp3) is 0.0515. The third-order valence-corrected chi connectivity index (χ3v) is 21.1. The molecule has 2 heterocycles. The van der Waals surface area contributed by atoms with Gasteiger partial charge in [-0.15, -0.1) is 0 Å². The fourth-order valence-electron chi connectivity index (χ4n) is 16.6. The zero-order valence-electron chi connectivity index (χ0n) is 55.7. The van der Waals surface area contributed by atoms with Crippen molar-refractivity contribution in [3.8, 4) is 55.9 Å². The van der Waals surface area contributed by atoms with E-state index in [1.54, 1.807) is 0 Å². The van der Waals surface area contributed by atoms with Gasteiger partial charge in [0.25, 0.3) is 0 Å². The second-order valence-corrected chi connectivity index (χ2v) is 27.9. The molecule has 18 aromatic carbocycles. The molecular formula is C97H68N2. The quantitative estimate of drug-likeness (QED) is 0.147. The molecule has 2 nitrogen and oxygen atoms in total. The minimum atomic E-state index is 0.0265. The molecular weight excluding hydrogens is 1190 g/mol. The molecule has 0 saturated carbocycles. The Morgan fingerprint density at radius 3 is 0.828 bits per heavy atom. The van der Waals surface area contributed by atoms with Crippen LogP contribution in [0.1, 0.15) is 31.9 Å². The van der Waals surface area contributed by atoms with Crippen LogP contribution in [0.5, 0.6) is 0 Å². The Balaban J connectivity index is 0.000000139. The number of fused-ring (bicyclic) bond motifs is 18. The van der Waals surface area contributed by atoms with Crippen molar-refractivity contribution in [2.75, 3.05) is 0 Å². The van der Waals surface area contributed by atoms with Gasteiger partial charge in [0.05, 0.1) is 22.1 Å². The predicted octanol–water partition coefficient (Wildman–Crippen LogP) is 27.1. The van der Waals surface area contributed by atoms with Gasteiger partial charge in [-0.2, -0.15) is 0 Å². The molecule has 0 saturated heterocycles. The molecule has 0 atom stereocenters. The molecule has 20 aromatic rings. The van der Waals surface area contributed by atoms with Gasteiger partial charge in [0.2, 0.25) is 0 Å². The molecule has 20 rings (SSSR count). The highest BCUT2D eigenvalue weighted by atomic mass is 15.0. The summed E-state index contributed by atoms with van der Waals surface area (Å²) in [7, 11) is 0. The minimum Gasteiger partial charge on any atom is -0.309 e. The second-order valence-electron chi connectivity index (χ2n) is 27.9. The number of aromatic nitrogens is 2. The molecule has 0 bridgehead atoms. The van der Waals surface area contributed by atoms with Gasteiger partial charge in [-0.05, 0) is 203 Å². The number of benzene rings is 18. The van der Waals surface area contributed by atoms with Crippen LogP contribution in [0.3, 0.4) is 0 Å². The molecule has 0 spiro atoms. The number of hydrogen-bond donors (Lipinski definition) is 0. The molecule has 0 amide bonds. The summed E-state index contributed by atoms with van der Waals surface area (Å²) >= 11 is 0. The molecule has 466 valence electrons. The molecule has 2 aromatic heterocycles. The van der Waals surface area contributed by atoms with Crippen LogP contribution >= 0.6 is 0 Å². The van der Waals surface area contributed by atoms with E-state index in [-0.39, 0.29) is 5.41 Å². The van der Waals surface area contributed by atoms with Crippen LogP contribution in [-0.2, 0) is 5.41 Å². The number of aryl methyl sites for hydroxylation is 1. The Morgan fingerprint density at radius 1 is 0.212 bits per heavy atom. The topological polar surface area (TPSA) is 9.86 Å². The number of hydrogen-bond acceptors (Lipinski definition) is 0. The van der Waals surface area contributed by atoms with Crippen molar-refractivity contribution < 1.29 is 0 Å². The third kappa shape index (κ3) is 9.31. The van der Waals surface area contributed by atoms with Crippen LogP contribution in [-0.4, -0.2) is 9.13 Å². The number of rotatable bonds is 6. The summed E-state index contributed by atoms with van der Waals surface area (Å²) in [6, 6.07) is 126. The Labute approximate surface area is 575 Å². The van der Waals surface area contributed by atoms with E-state index in [0.717, 1.165) is 11.4 Å². The first-order valence-corrected chi connectivity index (χ1v) is 34.6. The molecule has 0 N–H and O–H groups in total. The summed E-state index contributed by atoms with van der Waals surface area (Å²) in [4.78, 5) is 0. The van der Waals surface area contributed by atoms with Crippen molar-refractivity contribution >= 4 is 130 Å². The first-order chi connectivity index (χ1) is 48.7. The molecule has 0 aliphatic carbocycles. The van der Waals surface area contributed by atoms with Crippen molar-refractivity contribution in [2.45, 2.75) is 33.1 Å². The summed E-state index contributed by atoms with van der Waals surface area (Å²) in [5.41, 5.74) is 20.0. The first-order valence-electron chi connectivity index (χ1n) is 34.6. The van der Waals surface area contributed by atoms with E-state index in [1.807, 2.05) is 0 Å². The number of nitrogens with zero attached hydrogens (tertiary/aromatic N) is 2. The molecule has 99 heavy (non-hydrogen) atoms. The zero-order chi connectivity index (χ0) is 66.0. The van der Waals surface area contributed by atoms with E-state index >= 15 is 0 Å². The van der Waals surface area contributed by atoms with E-state index in [0.29, 0.717) is 0 Å². The lowest BCUT2D eigenvalue weighted by Crippen LogP contribution is -2.10. The molecule has 0 unspecified atom stereocenters. The largest absolute Gasteiger partial charge is 0.309 e. The standard InChI is InChI=1S/C50H37N.C47H31N/c1-50(2,3)36-25-28-42-43(31-36)47(41-20-12-11-19-40(41)46(42)34-15-5-4-6-16-34)35-21-26-37(27-22-35)51-44-29-23-32-13-7-9-17-38(32)48(44)49-39-18-10-8-14-33(39)24-30-45(49)51;1-30-19-26-40-41(29-30)45(33-13-3-2-4-14-33)39-18-10-9-17-38(39)44(40)34-20-24-35(25-21-34)48-42-27-22-31-11-5-7-15-36(31)46(42)47-37-16-8-6-12-32(37)23-28-43(47)48/h4-31H,1-3H3;2-29H,1H3. The normalized spacial score (nSPS) is 12.0. The summed E-state index contributed by atoms with van der Waals surface area (Å²) in [6.45, 7) is 9.11. The summed E-state index contributed by atoms with van der Waals surface area (Å²) in [5.74, 6) is 0. The minimum absolute atomic E-state index is 0.0265. The lowest BCUT2D eigenvalue weighted by Gasteiger charge is -2.23. The Hall–Kier alpha value is -12.4. The van der Waals surface area contributed by atoms with Gasteiger partial charge in [-0.1, -0.05) is 311 Å². The highest BCUT2D eigenvalue weighted by molar-refractivity contribution is 6.31. The van der Waals surface area contributed by atoms with Crippen LogP contribution in [0.25, 0.3) is 186 Å². The second kappa shape index (κ2) is 22.9. The first kappa shape index (κ1) is 58.0. The van der Waals surface area contributed by atoms with Gasteiger partial charge in [-0.3, -0.25) is 0 Å². The summed E-state index contributed by atoms with van der Waals surface area (Å²) < 4.78 is 4.91. The van der Waals surface area contributed by atoms with Crippen molar-refractivity contribution in [3.05, 3.63) is 351 Å². The maximum absolute atomic E-state index is 2.46. The molecule has 0 radical (unpaired) electrons. The van der Waals surface area contributed by atoms with Gasteiger partial charge in [-0.25, -0.2) is 0 Å². The van der Waals surface area contributed by atoms with Crippen LogP contribution in [0, 0.1) is 6.92 Å². The van der Waals surface area contributed by atoms with Crippen LogP contribution in [0.15, 0.2) is 340 Å². The summed E-state index contributed by atoms with van der Waals surface area (Å²) in [6.07, 6.45) is 0. The van der Waals surface area contributed by atoms with Crippen LogP contribution < -0.4 is 0 Å². The van der Waals surface area contributed by atoms with E-state index in [9.17, 15) is 0 Å². The monoisotopic (exact) mass is 1260 g/mol. The van der Waals surface area contributed by atoms with Crippen molar-refractivity contribution in [2.24, 2.45) is 0 Å². The molecule has 0 fully saturated rings. The highest BCUT2D eigenvalue weighted by Gasteiger charge is 2.24. The third-order valence-electron chi connectivity index (χ3n) is 21.1. The Bertz CT molecular complexity index is 6480. The lowest BCUT2D eigenvalue weighted by molar-refractivity contribution is 0.591. The van der Waals surface area contributed by atoms with E-state index in [1.165, 1.54) is 185 Å². The smallest absolute Gasteiger partial charge is 0.0547 e. The molecule has 2 heteroatoms. The van der Waals surface area contributed by atoms with Gasteiger partial charge in [0.15, 0.2) is 0 Å². The Morgan fingerprint density at radius 2 is 0.485 bits per heavy atom. The predicted molar refractivity (Wildman–Crippen MR) is 427 cm³/mol. The van der Waals surface area contributed by atoms with E-state index in [2.05, 4.69) is 377 Å². The highest BCUT2D eigenvalue weighted by Crippen LogP contribution is 2.49. The van der Waals surface area contributed by atoms with Gasteiger partial charge in [0, 0.05) is 32.9 Å². The maximum atomic E-state index is 2.46. The van der Waals surface area contributed by atoms with Gasteiger partial charge in [0.1, 0.15) is 0 Å². The average Bonchev–Trinajstić information content (AvgIpc) is 1.72. The van der Waals surface area contributed by atoms with Crippen molar-refractivity contribution in [3.63, 3.8) is 0 Å². The maximum Gasteiger partial charge on any atom is 0.0547 e. The molecule has 0 aliphatic heterocycles. The average molecular weight is 1260 g/mol. The van der Waals surface area contributed by atoms with E-state index < -0.39 is 0 Å². The van der Waals surface area contributed by atoms with Crippen molar-refractivity contribution in [1.29, 1.82) is 0 Å². The lowest BCUT2D eigenvalue weighted by atomic mass is 9.81.